The summed E-state index contributed by atoms with van der Waals surface area (Å²) in [6.45, 7) is 1.81. The molecule has 0 spiro atoms. The smallest absolute Gasteiger partial charge is 0.255 e. The molecule has 1 aliphatic heterocycles. The Morgan fingerprint density at radius 3 is 2.57 bits per heavy atom. The third-order valence-electron chi connectivity index (χ3n) is 3.80. The van der Waals surface area contributed by atoms with E-state index >= 15 is 0 Å². The number of benzene rings is 2. The van der Waals surface area contributed by atoms with Crippen LogP contribution in [0, 0.1) is 0 Å². The summed E-state index contributed by atoms with van der Waals surface area (Å²) in [7, 11) is 0. The Morgan fingerprint density at radius 2 is 1.91 bits per heavy atom. The Labute approximate surface area is 142 Å². The lowest BCUT2D eigenvalue weighted by atomic mass is 10.2. The van der Waals surface area contributed by atoms with E-state index in [-0.39, 0.29) is 11.9 Å². The highest BCUT2D eigenvalue weighted by Gasteiger charge is 2.33. The average molecular weight is 339 g/mol. The first-order valence-corrected chi connectivity index (χ1v) is 8.46. The molecule has 1 amide bonds. The number of carbonyl (C=O) groups excluding carboxylic acids is 1. The first-order chi connectivity index (χ1) is 11.1. The Morgan fingerprint density at radius 1 is 1.17 bits per heavy atom. The number of fused-ring (bicyclic) bond motifs is 1. The van der Waals surface area contributed by atoms with Crippen LogP contribution < -0.4 is 10.2 Å². The number of nitrogens with one attached hydrogen (secondary N) is 1. The molecular weight excluding hydrogens is 326 g/mol. The SMILES string of the molecule is C[C@@H]1NC(=S)N(c2ccc(-c3nc4ccccc4s3)cc2)C1=O. The molecule has 1 aromatic heterocycles. The first kappa shape index (κ1) is 14.3. The second-order valence-electron chi connectivity index (χ2n) is 5.38. The van der Waals surface area contributed by atoms with Crippen LogP contribution in [-0.2, 0) is 4.79 Å². The third kappa shape index (κ3) is 2.40. The molecule has 3 aromatic rings. The largest absolute Gasteiger partial charge is 0.350 e. The van der Waals surface area contributed by atoms with Gasteiger partial charge in [0.05, 0.1) is 15.9 Å². The van der Waals surface area contributed by atoms with E-state index in [1.165, 1.54) is 4.70 Å². The van der Waals surface area contributed by atoms with E-state index < -0.39 is 0 Å². The highest BCUT2D eigenvalue weighted by molar-refractivity contribution is 7.80. The van der Waals surface area contributed by atoms with Crippen molar-refractivity contribution in [3.05, 3.63) is 48.5 Å². The Kier molecular flexibility index (Phi) is 3.36. The third-order valence-corrected chi connectivity index (χ3v) is 5.19. The lowest BCUT2D eigenvalue weighted by molar-refractivity contribution is -0.117. The summed E-state index contributed by atoms with van der Waals surface area (Å²) < 4.78 is 1.17. The highest BCUT2D eigenvalue weighted by Crippen LogP contribution is 2.31. The van der Waals surface area contributed by atoms with E-state index in [2.05, 4.69) is 16.4 Å². The molecule has 0 bridgehead atoms. The van der Waals surface area contributed by atoms with Crippen molar-refractivity contribution in [2.75, 3.05) is 4.90 Å². The number of carbonyl (C=O) groups is 1. The molecular formula is C17H13N3OS2. The fourth-order valence-corrected chi connectivity index (χ4v) is 3.94. The maximum Gasteiger partial charge on any atom is 0.255 e. The summed E-state index contributed by atoms with van der Waals surface area (Å²) in [4.78, 5) is 18.3. The second kappa shape index (κ2) is 5.40. The standard InChI is InChI=1S/C17H13N3OS2/c1-10-16(21)20(17(22)18-10)12-8-6-11(7-9-12)15-19-13-4-2-3-5-14(13)23-15/h2-10H,1H3,(H,18,22)/t10-/m0/s1. The van der Waals surface area contributed by atoms with E-state index in [1.807, 2.05) is 49.4 Å². The molecule has 6 heteroatoms. The summed E-state index contributed by atoms with van der Waals surface area (Å²) >= 11 is 6.89. The molecule has 0 aliphatic carbocycles. The predicted octanol–water partition coefficient (Wildman–Crippen LogP) is 3.57. The summed E-state index contributed by atoms with van der Waals surface area (Å²) in [6, 6.07) is 15.6. The first-order valence-electron chi connectivity index (χ1n) is 7.24. The van der Waals surface area contributed by atoms with Gasteiger partial charge in [0, 0.05) is 5.56 Å². The van der Waals surface area contributed by atoms with Crippen LogP contribution >= 0.6 is 23.6 Å². The van der Waals surface area contributed by atoms with E-state index in [9.17, 15) is 4.79 Å². The van der Waals surface area contributed by atoms with Gasteiger partial charge in [0.15, 0.2) is 5.11 Å². The maximum absolute atomic E-state index is 12.2. The Balaban J connectivity index is 1.68. The topological polar surface area (TPSA) is 45.2 Å². The van der Waals surface area contributed by atoms with Gasteiger partial charge in [-0.15, -0.1) is 11.3 Å². The fourth-order valence-electron chi connectivity index (χ4n) is 2.60. The van der Waals surface area contributed by atoms with Crippen molar-refractivity contribution in [3.8, 4) is 10.6 Å². The van der Waals surface area contributed by atoms with Crippen LogP contribution in [0.4, 0.5) is 5.69 Å². The Bertz CT molecular complexity index is 884. The summed E-state index contributed by atoms with van der Waals surface area (Å²) in [5.74, 6) is -0.0252. The van der Waals surface area contributed by atoms with Crippen LogP contribution in [-0.4, -0.2) is 22.0 Å². The number of aromatic nitrogens is 1. The normalized spacial score (nSPS) is 17.8. The van der Waals surface area contributed by atoms with Gasteiger partial charge in [-0.2, -0.15) is 0 Å². The van der Waals surface area contributed by atoms with Gasteiger partial charge < -0.3 is 5.32 Å². The second-order valence-corrected chi connectivity index (χ2v) is 6.80. The monoisotopic (exact) mass is 339 g/mol. The van der Waals surface area contributed by atoms with Gasteiger partial charge in [0.2, 0.25) is 0 Å². The van der Waals surface area contributed by atoms with Gasteiger partial charge in [0.1, 0.15) is 11.0 Å². The molecule has 114 valence electrons. The molecule has 23 heavy (non-hydrogen) atoms. The lowest BCUT2D eigenvalue weighted by Crippen LogP contribution is -2.30. The van der Waals surface area contributed by atoms with Crippen molar-refractivity contribution < 1.29 is 4.79 Å². The highest BCUT2D eigenvalue weighted by atomic mass is 32.1. The lowest BCUT2D eigenvalue weighted by Gasteiger charge is -2.14. The number of hydrogen-bond donors (Lipinski definition) is 1. The van der Waals surface area contributed by atoms with Crippen molar-refractivity contribution in [2.24, 2.45) is 0 Å². The van der Waals surface area contributed by atoms with Crippen molar-refractivity contribution in [2.45, 2.75) is 13.0 Å². The van der Waals surface area contributed by atoms with Crippen LogP contribution in [0.25, 0.3) is 20.8 Å². The number of thiazole rings is 1. The van der Waals surface area contributed by atoms with Gasteiger partial charge >= 0.3 is 0 Å². The van der Waals surface area contributed by atoms with E-state index in [0.29, 0.717) is 5.11 Å². The molecule has 1 atom stereocenters. The minimum atomic E-state index is -0.272. The number of rotatable bonds is 2. The predicted molar refractivity (Wildman–Crippen MR) is 97.7 cm³/mol. The van der Waals surface area contributed by atoms with Gasteiger partial charge in [-0.3, -0.25) is 9.69 Å². The molecule has 4 rings (SSSR count). The van der Waals surface area contributed by atoms with Crippen molar-refractivity contribution in [3.63, 3.8) is 0 Å². The van der Waals surface area contributed by atoms with Crippen molar-refractivity contribution in [1.29, 1.82) is 0 Å². The fraction of sp³-hybridized carbons (Fsp3) is 0.118. The van der Waals surface area contributed by atoms with Crippen LogP contribution in [0.2, 0.25) is 0 Å². The minimum absolute atomic E-state index is 0.0252. The molecule has 0 radical (unpaired) electrons. The zero-order valence-corrected chi connectivity index (χ0v) is 13.9. The van der Waals surface area contributed by atoms with Gasteiger partial charge in [-0.05, 0) is 55.5 Å². The summed E-state index contributed by atoms with van der Waals surface area (Å²) in [5.41, 5.74) is 2.82. The van der Waals surface area contributed by atoms with Crippen molar-refractivity contribution >= 4 is 50.5 Å². The van der Waals surface area contributed by atoms with Crippen LogP contribution in [0.1, 0.15) is 6.92 Å². The number of nitrogens with zero attached hydrogens (tertiary/aromatic N) is 2. The number of amides is 1. The minimum Gasteiger partial charge on any atom is -0.350 e. The molecule has 1 fully saturated rings. The zero-order valence-electron chi connectivity index (χ0n) is 12.3. The van der Waals surface area contributed by atoms with E-state index in [1.54, 1.807) is 16.2 Å². The van der Waals surface area contributed by atoms with Crippen LogP contribution in [0.15, 0.2) is 48.5 Å². The van der Waals surface area contributed by atoms with Gasteiger partial charge in [0.25, 0.3) is 5.91 Å². The van der Waals surface area contributed by atoms with Gasteiger partial charge in [-0.25, -0.2) is 4.98 Å². The molecule has 2 aromatic carbocycles. The molecule has 1 N–H and O–H groups in total. The molecule has 0 saturated carbocycles. The quantitative estimate of drug-likeness (QED) is 0.725. The molecule has 1 aliphatic rings. The average Bonchev–Trinajstić information content (AvgIpc) is 3.09. The van der Waals surface area contributed by atoms with Gasteiger partial charge in [-0.1, -0.05) is 12.1 Å². The van der Waals surface area contributed by atoms with E-state index in [0.717, 1.165) is 21.8 Å². The van der Waals surface area contributed by atoms with E-state index in [4.69, 9.17) is 12.2 Å². The molecule has 1 saturated heterocycles. The van der Waals surface area contributed by atoms with Crippen LogP contribution in [0.3, 0.4) is 0 Å². The summed E-state index contributed by atoms with van der Waals surface area (Å²) in [6.07, 6.45) is 0. The van der Waals surface area contributed by atoms with Crippen LogP contribution in [0.5, 0.6) is 0 Å². The maximum atomic E-state index is 12.2. The molecule has 0 unspecified atom stereocenters. The number of anilines is 1. The zero-order chi connectivity index (χ0) is 16.0. The van der Waals surface area contributed by atoms with Crippen molar-refractivity contribution in [1.82, 2.24) is 10.3 Å². The molecule has 2 heterocycles. The molecule has 4 nitrogen and oxygen atoms in total. The number of hydrogen-bond acceptors (Lipinski definition) is 4. The Hall–Kier alpha value is -2.31. The summed E-state index contributed by atoms with van der Waals surface area (Å²) in [5, 5.41) is 4.40. The number of para-hydroxylation sites is 1. The number of thiocarbonyl (C=S) groups is 1.